The molecular formula is C30H36N8O2. The van der Waals surface area contributed by atoms with E-state index < -0.39 is 11.5 Å². The molecule has 10 nitrogen and oxygen atoms in total. The summed E-state index contributed by atoms with van der Waals surface area (Å²) >= 11 is 0. The van der Waals surface area contributed by atoms with Crippen LogP contribution in [0.3, 0.4) is 0 Å². The number of piperazine rings is 1. The molecule has 4 N–H and O–H groups in total. The Bertz CT molecular complexity index is 1440. The molecule has 1 aliphatic carbocycles. The SMILES string of the molecule is C#CCNC(=O)c1cnc(Nc2ccc(N3CCN(C)CC3)c(C)c2)nc1Nc1ccc2c(n1)C(O)(CC)CC2. The summed E-state index contributed by atoms with van der Waals surface area (Å²) in [7, 11) is 2.15. The molecule has 1 amide bonds. The van der Waals surface area contributed by atoms with Crippen molar-refractivity contribution in [2.75, 3.05) is 55.3 Å². The van der Waals surface area contributed by atoms with Gasteiger partial charge in [-0.2, -0.15) is 4.98 Å². The van der Waals surface area contributed by atoms with Crippen LogP contribution >= 0.6 is 0 Å². The van der Waals surface area contributed by atoms with Crippen molar-refractivity contribution in [3.63, 3.8) is 0 Å². The molecule has 3 heterocycles. The number of rotatable bonds is 8. The van der Waals surface area contributed by atoms with E-state index in [0.29, 0.717) is 30.3 Å². The maximum absolute atomic E-state index is 12.9. The molecule has 1 saturated heterocycles. The first kappa shape index (κ1) is 27.4. The molecule has 0 saturated carbocycles. The van der Waals surface area contributed by atoms with Crippen molar-refractivity contribution in [3.8, 4) is 12.3 Å². The van der Waals surface area contributed by atoms with Crippen molar-refractivity contribution in [2.24, 2.45) is 0 Å². The van der Waals surface area contributed by atoms with Gasteiger partial charge in [0.2, 0.25) is 5.95 Å². The summed E-state index contributed by atoms with van der Waals surface area (Å²) in [6.45, 7) is 8.21. The molecule has 10 heteroatoms. The number of amides is 1. The van der Waals surface area contributed by atoms with Crippen LogP contribution in [0.15, 0.2) is 36.5 Å². The molecule has 1 aromatic carbocycles. The normalized spacial score (nSPS) is 18.6. The van der Waals surface area contributed by atoms with Crippen LogP contribution in [0.5, 0.6) is 0 Å². The van der Waals surface area contributed by atoms with Gasteiger partial charge in [-0.25, -0.2) is 9.97 Å². The number of hydrogen-bond donors (Lipinski definition) is 4. The first-order valence-electron chi connectivity index (χ1n) is 13.7. The number of aromatic nitrogens is 3. The lowest BCUT2D eigenvalue weighted by Gasteiger charge is -2.35. The average Bonchev–Trinajstić information content (AvgIpc) is 3.29. The fraction of sp³-hybridized carbons (Fsp3) is 0.400. The number of anilines is 5. The standard InChI is InChI=1S/C30H36N8O2/c1-5-13-31-28(39)23-19-32-29(33-22-8-9-24(20(3)18-22)38-16-14-37(4)15-17-38)36-27(23)35-25-10-7-21-11-12-30(40,6-2)26(21)34-25/h1,7-10,18-19,40H,6,11-17H2,2-4H3,(H,31,39)(H2,32,33,34,35,36). The van der Waals surface area contributed by atoms with E-state index in [0.717, 1.165) is 49.4 Å². The van der Waals surface area contributed by atoms with Crippen LogP contribution in [-0.2, 0) is 12.0 Å². The predicted octanol–water partition coefficient (Wildman–Crippen LogP) is 3.33. The molecule has 0 bridgehead atoms. The molecule has 208 valence electrons. The Kier molecular flexibility index (Phi) is 7.87. The van der Waals surface area contributed by atoms with Crippen LogP contribution in [0.25, 0.3) is 0 Å². The highest BCUT2D eigenvalue weighted by Crippen LogP contribution is 2.39. The number of aryl methyl sites for hydroxylation is 2. The third kappa shape index (κ3) is 5.71. The lowest BCUT2D eigenvalue weighted by molar-refractivity contribution is 0.0307. The van der Waals surface area contributed by atoms with Crippen LogP contribution in [0, 0.1) is 19.3 Å². The van der Waals surface area contributed by atoms with Crippen molar-refractivity contribution < 1.29 is 9.90 Å². The first-order chi connectivity index (χ1) is 19.3. The quantitative estimate of drug-likeness (QED) is 0.319. The predicted molar refractivity (Wildman–Crippen MR) is 157 cm³/mol. The third-order valence-corrected chi connectivity index (χ3v) is 7.74. The number of carbonyl (C=O) groups is 1. The smallest absolute Gasteiger partial charge is 0.257 e. The van der Waals surface area contributed by atoms with E-state index in [2.05, 4.69) is 67.7 Å². The second-order valence-corrected chi connectivity index (χ2v) is 10.5. The maximum atomic E-state index is 12.9. The Labute approximate surface area is 235 Å². The van der Waals surface area contributed by atoms with E-state index in [1.54, 1.807) is 0 Å². The Morgan fingerprint density at radius 1 is 1.15 bits per heavy atom. The maximum Gasteiger partial charge on any atom is 0.257 e. The minimum Gasteiger partial charge on any atom is -0.384 e. The van der Waals surface area contributed by atoms with Crippen molar-refractivity contribution in [1.82, 2.24) is 25.2 Å². The Hall–Kier alpha value is -4.20. The fourth-order valence-electron chi connectivity index (χ4n) is 5.28. The number of fused-ring (bicyclic) bond motifs is 1. The number of nitrogens with one attached hydrogen (secondary N) is 3. The molecular weight excluding hydrogens is 504 g/mol. The molecule has 40 heavy (non-hydrogen) atoms. The van der Waals surface area contributed by atoms with E-state index in [1.807, 2.05) is 25.1 Å². The minimum atomic E-state index is -0.952. The van der Waals surface area contributed by atoms with E-state index in [1.165, 1.54) is 11.9 Å². The van der Waals surface area contributed by atoms with Crippen LogP contribution in [-0.4, -0.2) is 70.6 Å². The molecule has 1 unspecified atom stereocenters. The first-order valence-corrected chi connectivity index (χ1v) is 13.7. The lowest BCUT2D eigenvalue weighted by Crippen LogP contribution is -2.44. The summed E-state index contributed by atoms with van der Waals surface area (Å²) in [5.74, 6) is 3.10. The summed E-state index contributed by atoms with van der Waals surface area (Å²) in [4.78, 5) is 31.3. The van der Waals surface area contributed by atoms with Crippen molar-refractivity contribution in [1.29, 1.82) is 0 Å². The molecule has 0 spiro atoms. The van der Waals surface area contributed by atoms with Gasteiger partial charge in [-0.3, -0.25) is 4.79 Å². The summed E-state index contributed by atoms with van der Waals surface area (Å²) in [5.41, 5.74) is 4.20. The minimum absolute atomic E-state index is 0.0812. The number of benzene rings is 1. The molecule has 5 rings (SSSR count). The van der Waals surface area contributed by atoms with Crippen molar-refractivity contribution in [3.05, 3.63) is 58.9 Å². The summed E-state index contributed by atoms with van der Waals surface area (Å²) < 4.78 is 0. The number of hydrogen-bond acceptors (Lipinski definition) is 9. The van der Waals surface area contributed by atoms with Gasteiger partial charge in [0.15, 0.2) is 0 Å². The van der Waals surface area contributed by atoms with Gasteiger partial charge in [-0.1, -0.05) is 18.9 Å². The monoisotopic (exact) mass is 540 g/mol. The van der Waals surface area contributed by atoms with Crippen molar-refractivity contribution >= 4 is 34.9 Å². The zero-order valence-electron chi connectivity index (χ0n) is 23.3. The van der Waals surface area contributed by atoms with Gasteiger partial charge in [0.1, 0.15) is 22.8 Å². The fourth-order valence-corrected chi connectivity index (χ4v) is 5.28. The molecule has 0 radical (unpaired) electrons. The molecule has 1 aliphatic heterocycles. The largest absolute Gasteiger partial charge is 0.384 e. The highest BCUT2D eigenvalue weighted by Gasteiger charge is 2.36. The Morgan fingerprint density at radius 2 is 1.95 bits per heavy atom. The van der Waals surface area contributed by atoms with Gasteiger partial charge in [0.25, 0.3) is 5.91 Å². The van der Waals surface area contributed by atoms with Gasteiger partial charge in [-0.05, 0) is 68.6 Å². The summed E-state index contributed by atoms with van der Waals surface area (Å²) in [6.07, 6.45) is 8.79. The van der Waals surface area contributed by atoms with Gasteiger partial charge in [0, 0.05) is 43.8 Å². The molecule has 1 fully saturated rings. The summed E-state index contributed by atoms with van der Waals surface area (Å²) in [5, 5.41) is 20.1. The van der Waals surface area contributed by atoms with Crippen LogP contribution in [0.1, 0.15) is 46.9 Å². The number of pyridine rings is 1. The number of carbonyl (C=O) groups excluding carboxylic acids is 1. The molecule has 3 aromatic rings. The van der Waals surface area contributed by atoms with E-state index in [9.17, 15) is 9.90 Å². The lowest BCUT2D eigenvalue weighted by atomic mass is 9.98. The number of likely N-dealkylation sites (N-methyl/N-ethyl adjacent to an activating group) is 1. The second-order valence-electron chi connectivity index (χ2n) is 10.5. The number of nitrogens with zero attached hydrogens (tertiary/aromatic N) is 5. The van der Waals surface area contributed by atoms with E-state index in [4.69, 9.17) is 11.4 Å². The summed E-state index contributed by atoms with van der Waals surface area (Å²) in [6, 6.07) is 10.00. The van der Waals surface area contributed by atoms with Crippen LogP contribution in [0.2, 0.25) is 0 Å². The van der Waals surface area contributed by atoms with Crippen LogP contribution < -0.4 is 20.9 Å². The van der Waals surface area contributed by atoms with Gasteiger partial charge >= 0.3 is 0 Å². The van der Waals surface area contributed by atoms with Gasteiger partial charge in [-0.15, -0.1) is 6.42 Å². The van der Waals surface area contributed by atoms with Crippen LogP contribution in [0.4, 0.5) is 29.0 Å². The van der Waals surface area contributed by atoms with E-state index in [-0.39, 0.29) is 17.9 Å². The molecule has 1 atom stereocenters. The van der Waals surface area contributed by atoms with Gasteiger partial charge < -0.3 is 30.9 Å². The average molecular weight is 541 g/mol. The molecule has 2 aliphatic rings. The van der Waals surface area contributed by atoms with Gasteiger partial charge in [0.05, 0.1) is 12.2 Å². The molecule has 2 aromatic heterocycles. The number of aliphatic hydroxyl groups is 1. The zero-order chi connectivity index (χ0) is 28.3. The highest BCUT2D eigenvalue weighted by atomic mass is 16.3. The van der Waals surface area contributed by atoms with Crippen molar-refractivity contribution in [2.45, 2.75) is 38.7 Å². The highest BCUT2D eigenvalue weighted by molar-refractivity contribution is 5.99. The van der Waals surface area contributed by atoms with E-state index >= 15 is 0 Å². The second kappa shape index (κ2) is 11.5. The third-order valence-electron chi connectivity index (χ3n) is 7.74. The Balaban J connectivity index is 1.41. The topological polar surface area (TPSA) is 119 Å². The Morgan fingerprint density at radius 3 is 2.67 bits per heavy atom. The number of terminal acetylenes is 1. The zero-order valence-corrected chi connectivity index (χ0v) is 23.3.